The average molecular weight is 707 g/mol. The van der Waals surface area contributed by atoms with Crippen molar-refractivity contribution in [3.05, 3.63) is 104 Å². The van der Waals surface area contributed by atoms with Gasteiger partial charge in [0.2, 0.25) is 0 Å². The van der Waals surface area contributed by atoms with Gasteiger partial charge in [0.15, 0.2) is 0 Å². The Morgan fingerprint density at radius 1 is 1.07 bits per heavy atom. The Labute approximate surface area is 262 Å². The van der Waals surface area contributed by atoms with Gasteiger partial charge in [0.25, 0.3) is 11.8 Å². The van der Waals surface area contributed by atoms with E-state index in [1.165, 1.54) is 0 Å². The van der Waals surface area contributed by atoms with Crippen LogP contribution in [0.3, 0.4) is 0 Å². The average Bonchev–Trinajstić information content (AvgIpc) is 3.02. The fraction of sp³-hybridized carbons (Fsp3) is 0.258. The van der Waals surface area contributed by atoms with Crippen LogP contribution in [-0.4, -0.2) is 40.9 Å². The van der Waals surface area contributed by atoms with Gasteiger partial charge in [-0.15, -0.1) is 0 Å². The predicted octanol–water partition coefficient (Wildman–Crippen LogP) is 7.71. The minimum absolute atomic E-state index is 0.0135. The molecule has 1 heterocycles. The van der Waals surface area contributed by atoms with Crippen LogP contribution in [0.2, 0.25) is 10.0 Å². The molecule has 0 aromatic heterocycles. The topological polar surface area (TPSA) is 87.1 Å². The summed E-state index contributed by atoms with van der Waals surface area (Å²) < 4.78 is 6.80. The number of carboxylic acids is 1. The predicted molar refractivity (Wildman–Crippen MR) is 169 cm³/mol. The van der Waals surface area contributed by atoms with Crippen LogP contribution in [0.1, 0.15) is 59.8 Å². The van der Waals surface area contributed by atoms with Crippen molar-refractivity contribution in [2.45, 2.75) is 38.3 Å². The number of nitrogens with zero attached hydrogens (tertiary/aromatic N) is 2. The van der Waals surface area contributed by atoms with Crippen molar-refractivity contribution in [2.75, 3.05) is 18.1 Å². The molecule has 10 heteroatoms. The van der Waals surface area contributed by atoms with E-state index in [0.29, 0.717) is 45.5 Å². The number of hydrogen-bond acceptors (Lipinski definition) is 4. The Morgan fingerprint density at radius 3 is 2.46 bits per heavy atom. The first-order chi connectivity index (χ1) is 19.6. The second-order valence-corrected chi connectivity index (χ2v) is 11.7. The molecular weight excluding hydrogens is 678 g/mol. The van der Waals surface area contributed by atoms with Crippen LogP contribution in [0.5, 0.6) is 5.75 Å². The first-order valence-corrected chi connectivity index (χ1v) is 14.9. The number of amides is 2. The number of carboxylic acid groups (broad SMARTS) is 1. The van der Waals surface area contributed by atoms with Gasteiger partial charge >= 0.3 is 5.97 Å². The number of anilines is 1. The molecule has 0 saturated carbocycles. The third kappa shape index (κ3) is 7.05. The minimum atomic E-state index is -1.07. The summed E-state index contributed by atoms with van der Waals surface area (Å²) in [6.07, 6.45) is 2.40. The minimum Gasteiger partial charge on any atom is -0.489 e. The molecule has 0 spiro atoms. The molecule has 0 aliphatic carbocycles. The van der Waals surface area contributed by atoms with Crippen LogP contribution in [0.4, 0.5) is 5.69 Å². The summed E-state index contributed by atoms with van der Waals surface area (Å²) in [6, 6.07) is 16.0. The Kier molecular flexibility index (Phi) is 10.3. The molecule has 1 aliphatic heterocycles. The van der Waals surface area contributed by atoms with E-state index in [1.807, 2.05) is 25.1 Å². The summed E-state index contributed by atoms with van der Waals surface area (Å²) in [5, 5.41) is 10.1. The van der Waals surface area contributed by atoms with Crippen molar-refractivity contribution in [3.8, 4) is 5.75 Å². The van der Waals surface area contributed by atoms with Crippen LogP contribution >= 0.6 is 45.8 Å². The molecule has 214 valence electrons. The highest BCUT2D eigenvalue weighted by Crippen LogP contribution is 2.43. The highest BCUT2D eigenvalue weighted by molar-refractivity contribution is 14.1. The standard InChI is InChI=1S/C31H29Cl2IN2O5/c1-3-16-41-27-17-22(33)11-13-24(27)29-31(40)35(15-5-4-6-28(37)38)26-14-12-23(34)18-25(26)30(39)36(29)19(2)20-7-9-21(32)10-8-20/h3,7-14,17-19,29H,1,4-6,15-16H2,2H3,(H,37,38)/t19-,29?/m1/s1. The maximum atomic E-state index is 14.7. The van der Waals surface area contributed by atoms with Gasteiger partial charge in [-0.25, -0.2) is 0 Å². The third-order valence-corrected chi connectivity index (χ3v) is 8.07. The van der Waals surface area contributed by atoms with Crippen molar-refractivity contribution >= 4 is 69.3 Å². The zero-order valence-electron chi connectivity index (χ0n) is 22.4. The number of unbranched alkanes of at least 4 members (excludes halogenated alkanes) is 1. The Balaban J connectivity index is 1.92. The molecule has 0 bridgehead atoms. The Bertz CT molecular complexity index is 1460. The molecule has 0 saturated heterocycles. The number of carbonyl (C=O) groups is 3. The number of ether oxygens (including phenoxy) is 1. The molecule has 41 heavy (non-hydrogen) atoms. The fourth-order valence-corrected chi connectivity index (χ4v) is 5.70. The lowest BCUT2D eigenvalue weighted by atomic mass is 9.97. The summed E-state index contributed by atoms with van der Waals surface area (Å²) in [6.45, 7) is 6.01. The van der Waals surface area contributed by atoms with E-state index in [1.54, 1.807) is 58.3 Å². The number of benzene rings is 3. The normalized spacial score (nSPS) is 15.8. The van der Waals surface area contributed by atoms with Crippen molar-refractivity contribution in [3.63, 3.8) is 0 Å². The van der Waals surface area contributed by atoms with Crippen LogP contribution in [0, 0.1) is 3.57 Å². The first-order valence-electron chi connectivity index (χ1n) is 13.1. The fourth-order valence-electron chi connectivity index (χ4n) is 4.93. The highest BCUT2D eigenvalue weighted by Gasteiger charge is 2.44. The summed E-state index contributed by atoms with van der Waals surface area (Å²) in [7, 11) is 0. The van der Waals surface area contributed by atoms with Gasteiger partial charge in [0.05, 0.1) is 17.3 Å². The molecule has 7 nitrogen and oxygen atoms in total. The van der Waals surface area contributed by atoms with Gasteiger partial charge < -0.3 is 19.6 Å². The molecule has 2 amide bonds. The van der Waals surface area contributed by atoms with Crippen molar-refractivity contribution in [1.82, 2.24) is 4.90 Å². The smallest absolute Gasteiger partial charge is 0.303 e. The Hall–Kier alpha value is -3.08. The lowest BCUT2D eigenvalue weighted by Gasteiger charge is -2.36. The second kappa shape index (κ2) is 13.7. The highest BCUT2D eigenvalue weighted by atomic mass is 127. The summed E-state index contributed by atoms with van der Waals surface area (Å²) >= 11 is 14.6. The molecule has 0 radical (unpaired) electrons. The molecule has 4 rings (SSSR count). The van der Waals surface area contributed by atoms with Gasteiger partial charge in [0, 0.05) is 32.1 Å². The number of aliphatic carboxylic acids is 1. The number of halogens is 3. The molecule has 0 fully saturated rings. The monoisotopic (exact) mass is 706 g/mol. The molecular formula is C31H29Cl2IN2O5. The van der Waals surface area contributed by atoms with E-state index in [-0.39, 0.29) is 31.4 Å². The van der Waals surface area contributed by atoms with Gasteiger partial charge in [-0.05, 0) is 90.4 Å². The molecule has 3 aromatic rings. The lowest BCUT2D eigenvalue weighted by Crippen LogP contribution is -2.44. The second-order valence-electron chi connectivity index (χ2n) is 9.63. The molecule has 1 aliphatic rings. The van der Waals surface area contributed by atoms with Gasteiger partial charge in [-0.1, -0.05) is 54.1 Å². The lowest BCUT2D eigenvalue weighted by molar-refractivity contribution is -0.137. The summed E-state index contributed by atoms with van der Waals surface area (Å²) in [4.78, 5) is 43.5. The van der Waals surface area contributed by atoms with E-state index in [0.717, 1.165) is 9.13 Å². The van der Waals surface area contributed by atoms with E-state index >= 15 is 0 Å². The van der Waals surface area contributed by atoms with E-state index in [9.17, 15) is 14.4 Å². The van der Waals surface area contributed by atoms with Crippen LogP contribution in [0.15, 0.2) is 73.3 Å². The maximum Gasteiger partial charge on any atom is 0.303 e. The first kappa shape index (κ1) is 30.9. The van der Waals surface area contributed by atoms with E-state index in [4.69, 9.17) is 33.0 Å². The molecule has 2 atom stereocenters. The summed E-state index contributed by atoms with van der Waals surface area (Å²) in [5.41, 5.74) is 2.14. The number of carbonyl (C=O) groups excluding carboxylic acids is 2. The van der Waals surface area contributed by atoms with Gasteiger partial charge in [-0.2, -0.15) is 0 Å². The quantitative estimate of drug-likeness (QED) is 0.125. The Morgan fingerprint density at radius 2 is 1.78 bits per heavy atom. The molecule has 1 unspecified atom stereocenters. The van der Waals surface area contributed by atoms with E-state index < -0.39 is 18.1 Å². The van der Waals surface area contributed by atoms with E-state index in [2.05, 4.69) is 29.2 Å². The molecule has 3 aromatic carbocycles. The maximum absolute atomic E-state index is 14.7. The number of fused-ring (bicyclic) bond motifs is 1. The zero-order chi connectivity index (χ0) is 29.7. The van der Waals surface area contributed by atoms with Crippen molar-refractivity contribution < 1.29 is 24.2 Å². The SMILES string of the molecule is C=CCOc1cc(Cl)ccc1C1C(=O)N(CCCCC(=O)O)c2ccc(I)cc2C(=O)N1[C@H](C)c1ccc(Cl)cc1. The van der Waals surface area contributed by atoms with Crippen molar-refractivity contribution in [2.24, 2.45) is 0 Å². The van der Waals surface area contributed by atoms with Crippen LogP contribution in [0.25, 0.3) is 0 Å². The largest absolute Gasteiger partial charge is 0.489 e. The van der Waals surface area contributed by atoms with Gasteiger partial charge in [0.1, 0.15) is 18.4 Å². The number of hydrogen-bond donors (Lipinski definition) is 1. The molecule has 1 N–H and O–H groups in total. The zero-order valence-corrected chi connectivity index (χ0v) is 26.0. The van der Waals surface area contributed by atoms with Crippen LogP contribution < -0.4 is 9.64 Å². The number of rotatable bonds is 11. The van der Waals surface area contributed by atoms with Crippen molar-refractivity contribution in [1.29, 1.82) is 0 Å². The van der Waals surface area contributed by atoms with Gasteiger partial charge in [-0.3, -0.25) is 14.4 Å². The summed E-state index contributed by atoms with van der Waals surface area (Å²) in [5.74, 6) is -1.19. The third-order valence-electron chi connectivity index (χ3n) is 6.91. The van der Waals surface area contributed by atoms with Crippen LogP contribution in [-0.2, 0) is 9.59 Å².